The number of carboxylic acids is 1. The summed E-state index contributed by atoms with van der Waals surface area (Å²) in [5.74, 6) is -1.41. The van der Waals surface area contributed by atoms with Crippen molar-refractivity contribution in [1.82, 2.24) is 15.5 Å². The number of amides is 3. The summed E-state index contributed by atoms with van der Waals surface area (Å²) in [7, 11) is 3.02. The second kappa shape index (κ2) is 6.19. The zero-order valence-corrected chi connectivity index (χ0v) is 10.5. The topological polar surface area (TPSA) is 98.7 Å². The van der Waals surface area contributed by atoms with Crippen LogP contribution in [-0.2, 0) is 9.59 Å². The van der Waals surface area contributed by atoms with Crippen LogP contribution in [0, 0.1) is 0 Å². The van der Waals surface area contributed by atoms with Gasteiger partial charge in [-0.2, -0.15) is 0 Å². The molecule has 0 saturated carbocycles. The molecule has 3 N–H and O–H groups in total. The molecule has 0 saturated heterocycles. The van der Waals surface area contributed by atoms with E-state index < -0.39 is 23.4 Å². The minimum atomic E-state index is -1.05. The Labute approximate surface area is 100 Å². The van der Waals surface area contributed by atoms with Crippen molar-refractivity contribution < 1.29 is 19.5 Å². The van der Waals surface area contributed by atoms with Crippen LogP contribution < -0.4 is 10.6 Å². The van der Waals surface area contributed by atoms with Gasteiger partial charge >= 0.3 is 12.0 Å². The summed E-state index contributed by atoms with van der Waals surface area (Å²) in [5.41, 5.74) is -1.05. The van der Waals surface area contributed by atoms with Crippen molar-refractivity contribution in [2.45, 2.75) is 25.8 Å². The van der Waals surface area contributed by atoms with E-state index in [1.807, 2.05) is 0 Å². The first-order valence-electron chi connectivity index (χ1n) is 5.18. The van der Waals surface area contributed by atoms with Gasteiger partial charge in [0.2, 0.25) is 5.91 Å². The lowest BCUT2D eigenvalue weighted by Crippen LogP contribution is -2.49. The van der Waals surface area contributed by atoms with E-state index in [1.165, 1.54) is 7.05 Å². The van der Waals surface area contributed by atoms with Gasteiger partial charge in [0.1, 0.15) is 5.54 Å². The van der Waals surface area contributed by atoms with Crippen molar-refractivity contribution in [2.75, 3.05) is 20.6 Å². The third-order valence-electron chi connectivity index (χ3n) is 2.63. The third kappa shape index (κ3) is 4.81. The van der Waals surface area contributed by atoms with Gasteiger partial charge in [0.05, 0.1) is 0 Å². The highest BCUT2D eigenvalue weighted by molar-refractivity contribution is 5.94. The molecule has 0 aromatic heterocycles. The van der Waals surface area contributed by atoms with Crippen molar-refractivity contribution >= 4 is 17.9 Å². The lowest BCUT2D eigenvalue weighted by Gasteiger charge is -2.31. The summed E-state index contributed by atoms with van der Waals surface area (Å²) < 4.78 is 0. The van der Waals surface area contributed by atoms with E-state index in [0.717, 1.165) is 0 Å². The first-order chi connectivity index (χ1) is 7.71. The van der Waals surface area contributed by atoms with Crippen molar-refractivity contribution in [2.24, 2.45) is 0 Å². The van der Waals surface area contributed by atoms with Crippen LogP contribution in [0.4, 0.5) is 4.79 Å². The van der Waals surface area contributed by atoms with Gasteiger partial charge in [0, 0.05) is 20.0 Å². The minimum Gasteiger partial charge on any atom is -0.480 e. The molecular weight excluding hydrogens is 226 g/mol. The number of urea groups is 1. The number of hydrogen-bond donors (Lipinski definition) is 3. The molecule has 0 aromatic carbocycles. The molecule has 0 aliphatic carbocycles. The van der Waals surface area contributed by atoms with Gasteiger partial charge in [0.25, 0.3) is 0 Å². The summed E-state index contributed by atoms with van der Waals surface area (Å²) in [4.78, 5) is 34.6. The zero-order chi connectivity index (χ0) is 13.6. The van der Waals surface area contributed by atoms with Gasteiger partial charge in [-0.1, -0.05) is 0 Å². The van der Waals surface area contributed by atoms with Crippen molar-refractivity contribution in [3.63, 3.8) is 0 Å². The molecule has 0 rings (SSSR count). The second-order valence-corrected chi connectivity index (χ2v) is 4.16. The molecule has 0 unspecified atom stereocenters. The molecule has 0 spiro atoms. The average Bonchev–Trinajstić information content (AvgIpc) is 2.25. The van der Waals surface area contributed by atoms with Gasteiger partial charge < -0.3 is 10.4 Å². The summed E-state index contributed by atoms with van der Waals surface area (Å²) in [5, 5.41) is 13.3. The SMILES string of the molecule is CNC(=O)NC(=O)CCN(C)C(C)(C)C(=O)O. The van der Waals surface area contributed by atoms with E-state index >= 15 is 0 Å². The van der Waals surface area contributed by atoms with Gasteiger partial charge in [-0.05, 0) is 20.9 Å². The number of likely N-dealkylation sites (N-methyl/N-ethyl adjacent to an activating group) is 1. The molecule has 98 valence electrons. The quantitative estimate of drug-likeness (QED) is 0.613. The lowest BCUT2D eigenvalue weighted by atomic mass is 10.0. The number of carbonyl (C=O) groups excluding carboxylic acids is 2. The van der Waals surface area contributed by atoms with Crippen LogP contribution in [0.5, 0.6) is 0 Å². The fraction of sp³-hybridized carbons (Fsp3) is 0.700. The van der Waals surface area contributed by atoms with Gasteiger partial charge in [0.15, 0.2) is 0 Å². The number of carboxylic acid groups (broad SMARTS) is 1. The normalized spacial score (nSPS) is 11.1. The summed E-state index contributed by atoms with van der Waals surface area (Å²) in [6, 6.07) is -0.574. The standard InChI is InChI=1S/C10H19N3O4/c1-10(2,8(15)16)13(4)6-5-7(14)12-9(17)11-3/h5-6H2,1-4H3,(H,15,16)(H2,11,12,14,17). The fourth-order valence-electron chi connectivity index (χ4n) is 0.964. The molecule has 7 nitrogen and oxygen atoms in total. The van der Waals surface area contributed by atoms with E-state index in [-0.39, 0.29) is 13.0 Å². The Kier molecular flexibility index (Phi) is 5.60. The van der Waals surface area contributed by atoms with Crippen LogP contribution >= 0.6 is 0 Å². The molecule has 0 atom stereocenters. The summed E-state index contributed by atoms with van der Waals surface area (Å²) in [6.45, 7) is 3.35. The molecule has 17 heavy (non-hydrogen) atoms. The van der Waals surface area contributed by atoms with Crippen molar-refractivity contribution in [1.29, 1.82) is 0 Å². The smallest absolute Gasteiger partial charge is 0.323 e. The van der Waals surface area contributed by atoms with Crippen LogP contribution in [0.3, 0.4) is 0 Å². The Morgan fingerprint density at radius 3 is 2.24 bits per heavy atom. The van der Waals surface area contributed by atoms with Gasteiger partial charge in [-0.25, -0.2) is 4.79 Å². The van der Waals surface area contributed by atoms with E-state index in [1.54, 1.807) is 25.8 Å². The number of aliphatic carboxylic acids is 1. The minimum absolute atomic E-state index is 0.0562. The predicted molar refractivity (Wildman–Crippen MR) is 61.6 cm³/mol. The Morgan fingerprint density at radius 2 is 1.82 bits per heavy atom. The average molecular weight is 245 g/mol. The maximum Gasteiger partial charge on any atom is 0.323 e. The maximum absolute atomic E-state index is 11.3. The van der Waals surface area contributed by atoms with Gasteiger partial charge in [-0.15, -0.1) is 0 Å². The molecule has 0 aliphatic rings. The van der Waals surface area contributed by atoms with E-state index in [4.69, 9.17) is 5.11 Å². The number of imide groups is 1. The molecule has 0 heterocycles. The largest absolute Gasteiger partial charge is 0.480 e. The predicted octanol–water partition coefficient (Wildman–Crippen LogP) is -0.373. The Morgan fingerprint density at radius 1 is 1.29 bits per heavy atom. The monoisotopic (exact) mass is 245 g/mol. The molecule has 7 heteroatoms. The molecule has 0 aromatic rings. The first-order valence-corrected chi connectivity index (χ1v) is 5.18. The molecule has 0 bridgehead atoms. The highest BCUT2D eigenvalue weighted by atomic mass is 16.4. The number of rotatable bonds is 5. The lowest BCUT2D eigenvalue weighted by molar-refractivity contribution is -0.148. The maximum atomic E-state index is 11.3. The summed E-state index contributed by atoms with van der Waals surface area (Å²) >= 11 is 0. The highest BCUT2D eigenvalue weighted by Gasteiger charge is 2.31. The molecule has 3 amide bonds. The Bertz CT molecular complexity index is 315. The van der Waals surface area contributed by atoms with Crippen LogP contribution in [-0.4, -0.2) is 54.1 Å². The van der Waals surface area contributed by atoms with Crippen LogP contribution in [0.25, 0.3) is 0 Å². The van der Waals surface area contributed by atoms with Crippen LogP contribution in [0.2, 0.25) is 0 Å². The molecule has 0 radical (unpaired) electrons. The number of nitrogens with one attached hydrogen (secondary N) is 2. The van der Waals surface area contributed by atoms with Gasteiger partial charge in [-0.3, -0.25) is 19.8 Å². The highest BCUT2D eigenvalue weighted by Crippen LogP contribution is 2.12. The molecular formula is C10H19N3O4. The number of nitrogens with zero attached hydrogens (tertiary/aromatic N) is 1. The molecule has 0 fully saturated rings. The Balaban J connectivity index is 4.17. The van der Waals surface area contributed by atoms with E-state index in [0.29, 0.717) is 0 Å². The third-order valence-corrected chi connectivity index (χ3v) is 2.63. The Hall–Kier alpha value is -1.63. The second-order valence-electron chi connectivity index (χ2n) is 4.16. The van der Waals surface area contributed by atoms with Crippen LogP contribution in [0.1, 0.15) is 20.3 Å². The summed E-state index contributed by atoms with van der Waals surface area (Å²) in [6.07, 6.45) is 0.0562. The molecule has 0 aliphatic heterocycles. The van der Waals surface area contributed by atoms with Crippen molar-refractivity contribution in [3.8, 4) is 0 Å². The zero-order valence-electron chi connectivity index (χ0n) is 10.5. The van der Waals surface area contributed by atoms with Crippen LogP contribution in [0.15, 0.2) is 0 Å². The van der Waals surface area contributed by atoms with Crippen molar-refractivity contribution in [3.05, 3.63) is 0 Å². The fourth-order valence-corrected chi connectivity index (χ4v) is 0.964. The number of hydrogen-bond acceptors (Lipinski definition) is 4. The number of carbonyl (C=O) groups is 3. The first kappa shape index (κ1) is 15.4. The van der Waals surface area contributed by atoms with E-state index in [9.17, 15) is 14.4 Å². The van der Waals surface area contributed by atoms with E-state index in [2.05, 4.69) is 10.6 Å².